The summed E-state index contributed by atoms with van der Waals surface area (Å²) in [5, 5.41) is 0. The second-order valence-electron chi connectivity index (χ2n) is 0.506. The van der Waals surface area contributed by atoms with E-state index in [1.807, 2.05) is 0 Å². The topological polar surface area (TPSA) is 74.6 Å². The molecule has 0 heterocycles. The SMILES string of the molecule is ClSCl.O=S(=O)(O)O. The molecule has 4 nitrogen and oxygen atoms in total. The van der Waals surface area contributed by atoms with E-state index in [2.05, 4.69) is 21.4 Å². The summed E-state index contributed by atoms with van der Waals surface area (Å²) in [5.74, 6) is 0. The smallest absolute Gasteiger partial charge is 0.264 e. The lowest BCUT2D eigenvalue weighted by Gasteiger charge is -1.68. The molecular weight excluding hydrogens is 199 g/mol. The fraction of sp³-hybridized carbons (Fsp3) is 0. The Morgan fingerprint density at radius 2 is 1.25 bits per heavy atom. The van der Waals surface area contributed by atoms with Crippen molar-refractivity contribution in [1.29, 1.82) is 0 Å². The van der Waals surface area contributed by atoms with Crippen molar-refractivity contribution < 1.29 is 17.5 Å². The molecule has 52 valence electrons. The van der Waals surface area contributed by atoms with Gasteiger partial charge in [0, 0.05) is 0 Å². The van der Waals surface area contributed by atoms with Crippen LogP contribution < -0.4 is 0 Å². The molecule has 0 atom stereocenters. The molecular formula is H2Cl2O4S2. The molecule has 0 aromatic carbocycles. The molecule has 0 spiro atoms. The summed E-state index contributed by atoms with van der Waals surface area (Å²) >= 11 is 0. The van der Waals surface area contributed by atoms with Crippen LogP contribution >= 0.6 is 31.6 Å². The summed E-state index contributed by atoms with van der Waals surface area (Å²) in [7, 11) is 5.39. The molecule has 8 heteroatoms. The maximum atomic E-state index is 8.74. The van der Waals surface area contributed by atoms with Crippen molar-refractivity contribution in [3.8, 4) is 0 Å². The Kier molecular flexibility index (Phi) is 8.58. The zero-order valence-electron chi connectivity index (χ0n) is 3.28. The molecule has 0 amide bonds. The Labute approximate surface area is 59.7 Å². The molecule has 0 bridgehead atoms. The minimum absolute atomic E-state index is 0.694. The third-order valence-corrected chi connectivity index (χ3v) is 0. The van der Waals surface area contributed by atoms with Crippen LogP contribution in [0.1, 0.15) is 0 Å². The monoisotopic (exact) mass is 200 g/mol. The van der Waals surface area contributed by atoms with E-state index < -0.39 is 10.4 Å². The molecule has 0 aromatic rings. The molecule has 0 aromatic heterocycles. The zero-order valence-corrected chi connectivity index (χ0v) is 6.43. The Hall–Kier alpha value is 0.800. The third kappa shape index (κ3) is 357. The van der Waals surface area contributed by atoms with Gasteiger partial charge >= 0.3 is 10.4 Å². The third-order valence-electron chi connectivity index (χ3n) is 0. The van der Waals surface area contributed by atoms with E-state index in [1.54, 1.807) is 0 Å². The fourth-order valence-corrected chi connectivity index (χ4v) is 0. The van der Waals surface area contributed by atoms with Gasteiger partial charge in [-0.05, 0) is 21.4 Å². The van der Waals surface area contributed by atoms with Crippen LogP contribution in [0.2, 0.25) is 0 Å². The largest absolute Gasteiger partial charge is 0.394 e. The van der Waals surface area contributed by atoms with Crippen LogP contribution in [-0.2, 0) is 10.4 Å². The molecule has 0 fully saturated rings. The first-order valence-corrected chi connectivity index (χ1v) is 4.87. The highest BCUT2D eigenvalue weighted by Crippen LogP contribution is 2.08. The van der Waals surface area contributed by atoms with Crippen molar-refractivity contribution in [1.82, 2.24) is 0 Å². The number of rotatable bonds is 0. The standard InChI is InChI=1S/Cl2S.H2O4S/c1-3-2;1-5(2,3)4/h;(H2,1,2,3,4). The lowest BCUT2D eigenvalue weighted by molar-refractivity contribution is 0.381. The van der Waals surface area contributed by atoms with Crippen molar-refractivity contribution in [2.45, 2.75) is 0 Å². The van der Waals surface area contributed by atoms with Crippen molar-refractivity contribution in [3.63, 3.8) is 0 Å². The van der Waals surface area contributed by atoms with E-state index in [-0.39, 0.29) is 0 Å². The summed E-state index contributed by atoms with van der Waals surface area (Å²) < 4.78 is 31.6. The van der Waals surface area contributed by atoms with Gasteiger partial charge in [-0.15, -0.1) is 0 Å². The van der Waals surface area contributed by atoms with Gasteiger partial charge in [-0.3, -0.25) is 9.11 Å². The quantitative estimate of drug-likeness (QED) is 0.579. The van der Waals surface area contributed by atoms with Gasteiger partial charge in [0.15, 0.2) is 0 Å². The number of hydrogen-bond donors (Lipinski definition) is 2. The molecule has 0 saturated carbocycles. The molecule has 0 radical (unpaired) electrons. The Morgan fingerprint density at radius 1 is 1.25 bits per heavy atom. The van der Waals surface area contributed by atoms with Crippen LogP contribution in [0.3, 0.4) is 0 Å². The van der Waals surface area contributed by atoms with E-state index in [9.17, 15) is 0 Å². The molecule has 0 aliphatic carbocycles. The minimum atomic E-state index is -4.67. The maximum Gasteiger partial charge on any atom is 0.394 e. The first-order chi connectivity index (χ1) is 3.41. The van der Waals surface area contributed by atoms with Crippen LogP contribution in [0.5, 0.6) is 0 Å². The number of hydrogen-bond acceptors (Lipinski definition) is 3. The first kappa shape index (κ1) is 11.6. The Bertz CT molecular complexity index is 106. The molecule has 0 aliphatic heterocycles. The van der Waals surface area contributed by atoms with Gasteiger partial charge in [-0.25, -0.2) is 0 Å². The maximum absolute atomic E-state index is 8.74. The van der Waals surface area contributed by atoms with E-state index in [4.69, 9.17) is 17.5 Å². The first-order valence-electron chi connectivity index (χ1n) is 1.01. The van der Waals surface area contributed by atoms with Gasteiger partial charge in [0.2, 0.25) is 0 Å². The molecule has 0 aliphatic rings. The Balaban J connectivity index is 0. The van der Waals surface area contributed by atoms with Gasteiger partial charge in [-0.1, -0.05) is 0 Å². The van der Waals surface area contributed by atoms with Crippen LogP contribution in [0, 0.1) is 0 Å². The van der Waals surface area contributed by atoms with Crippen LogP contribution in [0.15, 0.2) is 0 Å². The average Bonchev–Trinajstić information content (AvgIpc) is 1.27. The summed E-state index contributed by atoms with van der Waals surface area (Å²) in [6.45, 7) is 0. The lowest BCUT2D eigenvalue weighted by Crippen LogP contribution is -1.89. The molecule has 0 saturated heterocycles. The van der Waals surface area contributed by atoms with Crippen molar-refractivity contribution in [2.24, 2.45) is 0 Å². The van der Waals surface area contributed by atoms with Crippen molar-refractivity contribution in [2.75, 3.05) is 0 Å². The summed E-state index contributed by atoms with van der Waals surface area (Å²) in [6, 6.07) is 0. The number of halogens is 2. The van der Waals surface area contributed by atoms with Crippen LogP contribution in [0.25, 0.3) is 0 Å². The van der Waals surface area contributed by atoms with Gasteiger partial charge in [0.1, 0.15) is 0 Å². The molecule has 2 N–H and O–H groups in total. The van der Waals surface area contributed by atoms with Gasteiger partial charge in [-0.2, -0.15) is 8.42 Å². The zero-order chi connectivity index (χ0) is 7.21. The molecule has 0 unspecified atom stereocenters. The van der Waals surface area contributed by atoms with Crippen LogP contribution in [0.4, 0.5) is 0 Å². The normalized spacial score (nSPS) is 9.50. The van der Waals surface area contributed by atoms with Crippen LogP contribution in [-0.4, -0.2) is 17.5 Å². The van der Waals surface area contributed by atoms with Crippen molar-refractivity contribution >= 4 is 42.0 Å². The van der Waals surface area contributed by atoms with Gasteiger partial charge in [0.25, 0.3) is 0 Å². The van der Waals surface area contributed by atoms with E-state index in [1.165, 1.54) is 0 Å². The fourth-order valence-electron chi connectivity index (χ4n) is 0. The highest BCUT2D eigenvalue weighted by atomic mass is 36.0. The summed E-state index contributed by atoms with van der Waals surface area (Å²) in [4.78, 5) is 0. The average molecular weight is 201 g/mol. The second kappa shape index (κ2) is 5.93. The van der Waals surface area contributed by atoms with Crippen molar-refractivity contribution in [3.05, 3.63) is 0 Å². The highest BCUT2D eigenvalue weighted by molar-refractivity contribution is 8.38. The second-order valence-corrected chi connectivity index (χ2v) is 2.92. The van der Waals surface area contributed by atoms with E-state index >= 15 is 0 Å². The predicted molar refractivity (Wildman–Crippen MR) is 33.5 cm³/mol. The summed E-state index contributed by atoms with van der Waals surface area (Å²) in [6.07, 6.45) is 0. The predicted octanol–water partition coefficient (Wildman–Crippen LogP) is 1.37. The lowest BCUT2D eigenvalue weighted by atomic mass is 15.8. The molecule has 8 heavy (non-hydrogen) atoms. The highest BCUT2D eigenvalue weighted by Gasteiger charge is 1.84. The minimum Gasteiger partial charge on any atom is -0.264 e. The Morgan fingerprint density at radius 3 is 1.25 bits per heavy atom. The summed E-state index contributed by atoms with van der Waals surface area (Å²) in [5.41, 5.74) is 0. The van der Waals surface area contributed by atoms with E-state index in [0.29, 0.717) is 10.2 Å². The molecule has 0 rings (SSSR count). The van der Waals surface area contributed by atoms with Gasteiger partial charge < -0.3 is 0 Å². The van der Waals surface area contributed by atoms with Gasteiger partial charge in [0.05, 0.1) is 10.2 Å². The van der Waals surface area contributed by atoms with E-state index in [0.717, 1.165) is 0 Å².